The van der Waals surface area contributed by atoms with Crippen LogP contribution in [-0.2, 0) is 6.54 Å². The summed E-state index contributed by atoms with van der Waals surface area (Å²) in [6, 6.07) is 6.64. The Bertz CT molecular complexity index is 330. The zero-order valence-corrected chi connectivity index (χ0v) is 10.1. The van der Waals surface area contributed by atoms with Crippen LogP contribution < -0.4 is 5.32 Å². The first kappa shape index (κ1) is 11.9. The molecular weight excluding hydrogens is 225 g/mol. The molecule has 0 spiro atoms. The van der Waals surface area contributed by atoms with Gasteiger partial charge >= 0.3 is 0 Å². The highest BCUT2D eigenvalue weighted by Gasteiger charge is 2.31. The van der Waals surface area contributed by atoms with Gasteiger partial charge in [-0.3, -0.25) is 0 Å². The normalized spacial score (nSPS) is 18.9. The Kier molecular flexibility index (Phi) is 3.82. The van der Waals surface area contributed by atoms with Crippen LogP contribution in [0.15, 0.2) is 24.3 Å². The number of rotatable bonds is 4. The molecule has 1 saturated carbocycles. The van der Waals surface area contributed by atoms with Crippen LogP contribution >= 0.6 is 11.6 Å². The van der Waals surface area contributed by atoms with E-state index in [1.54, 1.807) is 0 Å². The maximum Gasteiger partial charge on any atom is 0.123 e. The van der Waals surface area contributed by atoms with Crippen LogP contribution in [-0.4, -0.2) is 11.4 Å². The molecule has 0 aliphatic heterocycles. The molecule has 0 unspecified atom stereocenters. The minimum absolute atomic E-state index is 0.107. The number of benzene rings is 1. The van der Waals surface area contributed by atoms with Gasteiger partial charge in [0, 0.05) is 18.0 Å². The molecule has 88 valence electrons. The van der Waals surface area contributed by atoms with Crippen molar-refractivity contribution in [3.05, 3.63) is 35.6 Å². The summed E-state index contributed by atoms with van der Waals surface area (Å²) in [5.74, 6) is 0.477. The monoisotopic (exact) mass is 241 g/mol. The molecule has 1 aromatic carbocycles. The molecule has 1 nitrogen and oxygen atoms in total. The van der Waals surface area contributed by atoms with Crippen molar-refractivity contribution in [2.45, 2.75) is 37.8 Å². The van der Waals surface area contributed by atoms with E-state index in [2.05, 4.69) is 5.32 Å². The minimum atomic E-state index is -0.184. The van der Waals surface area contributed by atoms with E-state index in [0.29, 0.717) is 5.88 Å². The van der Waals surface area contributed by atoms with Crippen LogP contribution in [0.4, 0.5) is 4.39 Å². The smallest absolute Gasteiger partial charge is 0.123 e. The molecule has 1 aromatic rings. The first-order chi connectivity index (χ1) is 7.74. The molecule has 0 amide bonds. The first-order valence-corrected chi connectivity index (χ1v) is 6.33. The van der Waals surface area contributed by atoms with Crippen molar-refractivity contribution in [2.24, 2.45) is 0 Å². The van der Waals surface area contributed by atoms with Crippen LogP contribution in [0.1, 0.15) is 31.2 Å². The van der Waals surface area contributed by atoms with Gasteiger partial charge in [0.1, 0.15) is 5.82 Å². The van der Waals surface area contributed by atoms with Crippen molar-refractivity contribution in [1.82, 2.24) is 5.32 Å². The summed E-state index contributed by atoms with van der Waals surface area (Å²) >= 11 is 6.03. The lowest BCUT2D eigenvalue weighted by Gasteiger charge is -2.28. The molecule has 0 saturated heterocycles. The molecule has 1 fully saturated rings. The largest absolute Gasteiger partial charge is 0.306 e. The van der Waals surface area contributed by atoms with Gasteiger partial charge in [-0.05, 0) is 30.5 Å². The van der Waals surface area contributed by atoms with E-state index in [-0.39, 0.29) is 11.4 Å². The fraction of sp³-hybridized carbons (Fsp3) is 0.538. The molecule has 1 aliphatic carbocycles. The number of hydrogen-bond acceptors (Lipinski definition) is 1. The van der Waals surface area contributed by atoms with Gasteiger partial charge in [0.05, 0.1) is 0 Å². The second-order valence-electron chi connectivity index (χ2n) is 4.60. The van der Waals surface area contributed by atoms with Crippen molar-refractivity contribution in [3.8, 4) is 0 Å². The van der Waals surface area contributed by atoms with Crippen LogP contribution in [0.2, 0.25) is 0 Å². The lowest BCUT2D eigenvalue weighted by atomic mass is 10.00. The number of alkyl halides is 1. The van der Waals surface area contributed by atoms with Gasteiger partial charge in [-0.1, -0.05) is 25.0 Å². The summed E-state index contributed by atoms with van der Waals surface area (Å²) in [5, 5.41) is 3.53. The third kappa shape index (κ3) is 2.74. The molecule has 1 N–H and O–H groups in total. The molecule has 16 heavy (non-hydrogen) atoms. The summed E-state index contributed by atoms with van der Waals surface area (Å²) in [4.78, 5) is 0. The predicted molar refractivity (Wildman–Crippen MR) is 65.2 cm³/mol. The third-order valence-corrected chi connectivity index (χ3v) is 3.91. The van der Waals surface area contributed by atoms with E-state index >= 15 is 0 Å². The Hall–Kier alpha value is -0.600. The van der Waals surface area contributed by atoms with E-state index in [1.165, 1.54) is 25.0 Å². The van der Waals surface area contributed by atoms with Gasteiger partial charge in [0.2, 0.25) is 0 Å². The fourth-order valence-electron chi connectivity index (χ4n) is 2.30. The Morgan fingerprint density at radius 3 is 2.38 bits per heavy atom. The van der Waals surface area contributed by atoms with E-state index in [1.807, 2.05) is 12.1 Å². The lowest BCUT2D eigenvalue weighted by Crippen LogP contribution is -2.43. The zero-order chi connectivity index (χ0) is 11.4. The zero-order valence-electron chi connectivity index (χ0n) is 9.31. The van der Waals surface area contributed by atoms with E-state index in [4.69, 9.17) is 11.6 Å². The van der Waals surface area contributed by atoms with Crippen molar-refractivity contribution in [1.29, 1.82) is 0 Å². The maximum atomic E-state index is 12.7. The van der Waals surface area contributed by atoms with Crippen molar-refractivity contribution in [3.63, 3.8) is 0 Å². The standard InChI is InChI=1S/C13H17ClFN/c14-10-13(7-1-2-8-13)16-9-11-3-5-12(15)6-4-11/h3-6,16H,1-2,7-10H2. The SMILES string of the molecule is Fc1ccc(CNC2(CCl)CCCC2)cc1. The molecule has 1 aliphatic rings. The average Bonchev–Trinajstić information content (AvgIpc) is 2.78. The van der Waals surface area contributed by atoms with Crippen LogP contribution in [0, 0.1) is 5.82 Å². The fourth-order valence-corrected chi connectivity index (χ4v) is 2.66. The van der Waals surface area contributed by atoms with Gasteiger partial charge in [-0.25, -0.2) is 4.39 Å². The summed E-state index contributed by atoms with van der Waals surface area (Å²) in [6.45, 7) is 0.771. The van der Waals surface area contributed by atoms with Crippen molar-refractivity contribution in [2.75, 3.05) is 5.88 Å². The summed E-state index contributed by atoms with van der Waals surface area (Å²) in [5.41, 5.74) is 1.22. The average molecular weight is 242 g/mol. The number of halogens is 2. The van der Waals surface area contributed by atoms with Gasteiger partial charge < -0.3 is 5.32 Å². The third-order valence-electron chi connectivity index (χ3n) is 3.40. The molecule has 0 atom stereocenters. The minimum Gasteiger partial charge on any atom is -0.306 e. The Morgan fingerprint density at radius 1 is 1.19 bits per heavy atom. The predicted octanol–water partition coefficient (Wildman–Crippen LogP) is 3.47. The van der Waals surface area contributed by atoms with Crippen molar-refractivity contribution < 1.29 is 4.39 Å². The Balaban J connectivity index is 1.93. The van der Waals surface area contributed by atoms with E-state index < -0.39 is 0 Å². The van der Waals surface area contributed by atoms with Gasteiger partial charge in [0.15, 0.2) is 0 Å². The van der Waals surface area contributed by atoms with Crippen LogP contribution in [0.3, 0.4) is 0 Å². The number of hydrogen-bond donors (Lipinski definition) is 1. The molecule has 0 aromatic heterocycles. The topological polar surface area (TPSA) is 12.0 Å². The summed E-state index contributed by atoms with van der Waals surface area (Å²) < 4.78 is 12.7. The molecular formula is C13H17ClFN. The van der Waals surface area contributed by atoms with Crippen molar-refractivity contribution >= 4 is 11.6 Å². The van der Waals surface area contributed by atoms with Gasteiger partial charge in [0.25, 0.3) is 0 Å². The maximum absolute atomic E-state index is 12.7. The molecule has 0 radical (unpaired) electrons. The molecule has 0 heterocycles. The van der Waals surface area contributed by atoms with Gasteiger partial charge in [-0.2, -0.15) is 0 Å². The summed E-state index contributed by atoms with van der Waals surface area (Å²) in [6.07, 6.45) is 4.81. The highest BCUT2D eigenvalue weighted by Crippen LogP contribution is 2.30. The first-order valence-electron chi connectivity index (χ1n) is 5.80. The van der Waals surface area contributed by atoms with E-state index in [9.17, 15) is 4.39 Å². The Labute approximate surface area is 101 Å². The van der Waals surface area contributed by atoms with E-state index in [0.717, 1.165) is 24.9 Å². The molecule has 2 rings (SSSR count). The van der Waals surface area contributed by atoms with Crippen LogP contribution in [0.5, 0.6) is 0 Å². The second kappa shape index (κ2) is 5.15. The second-order valence-corrected chi connectivity index (χ2v) is 4.87. The lowest BCUT2D eigenvalue weighted by molar-refractivity contribution is 0.368. The van der Waals surface area contributed by atoms with Gasteiger partial charge in [-0.15, -0.1) is 11.6 Å². The Morgan fingerprint density at radius 2 is 1.81 bits per heavy atom. The summed E-state index contributed by atoms with van der Waals surface area (Å²) in [7, 11) is 0. The molecule has 3 heteroatoms. The molecule has 0 bridgehead atoms. The number of nitrogens with one attached hydrogen (secondary N) is 1. The quantitative estimate of drug-likeness (QED) is 0.796. The van der Waals surface area contributed by atoms with Crippen LogP contribution in [0.25, 0.3) is 0 Å². The highest BCUT2D eigenvalue weighted by molar-refractivity contribution is 6.18. The highest BCUT2D eigenvalue weighted by atomic mass is 35.5.